The molecule has 0 aliphatic heterocycles. The van der Waals surface area contributed by atoms with E-state index in [9.17, 15) is 14.3 Å². The highest BCUT2D eigenvalue weighted by Gasteiger charge is 2.19. The van der Waals surface area contributed by atoms with Crippen molar-refractivity contribution in [2.24, 2.45) is 0 Å². The molecule has 0 N–H and O–H groups in total. The lowest BCUT2D eigenvalue weighted by Crippen LogP contribution is -2.37. The minimum atomic E-state index is -4.49. The van der Waals surface area contributed by atoms with E-state index in [0.717, 1.165) is 44.9 Å². The van der Waals surface area contributed by atoms with Crippen LogP contribution < -0.4 is 4.89 Å². The number of phosphoric acid groups is 1. The van der Waals surface area contributed by atoms with Crippen LogP contribution in [0.2, 0.25) is 0 Å². The summed E-state index contributed by atoms with van der Waals surface area (Å²) in [6.07, 6.45) is 42.0. The number of esters is 1. The number of nitrogens with zero attached hydrogens (tertiary/aromatic N) is 1. The monoisotopic (exact) mass is 772 g/mol. The molecule has 53 heavy (non-hydrogen) atoms. The topological polar surface area (TPSA) is 94.1 Å². The van der Waals surface area contributed by atoms with Gasteiger partial charge in [0.25, 0.3) is 7.82 Å². The quantitative estimate of drug-likeness (QED) is 0.0201. The van der Waals surface area contributed by atoms with Crippen molar-refractivity contribution in [2.45, 2.75) is 200 Å². The number of rotatable bonds is 41. The molecule has 0 saturated heterocycles. The summed E-state index contributed by atoms with van der Waals surface area (Å²) in [5, 5.41) is 0. The van der Waals surface area contributed by atoms with Gasteiger partial charge in [-0.2, -0.15) is 0 Å². The van der Waals surface area contributed by atoms with E-state index in [1.54, 1.807) is 0 Å². The Labute approximate surface area is 328 Å². The van der Waals surface area contributed by atoms with Crippen molar-refractivity contribution in [2.75, 3.05) is 54.1 Å². The predicted molar refractivity (Wildman–Crippen MR) is 222 cm³/mol. The van der Waals surface area contributed by atoms with Gasteiger partial charge < -0.3 is 27.9 Å². The maximum Gasteiger partial charge on any atom is 0.305 e. The normalized spacial score (nSPS) is 14.0. The second kappa shape index (κ2) is 37.9. The van der Waals surface area contributed by atoms with Crippen LogP contribution in [0, 0.1) is 0 Å². The third-order valence-electron chi connectivity index (χ3n) is 9.51. The van der Waals surface area contributed by atoms with Gasteiger partial charge in [0.05, 0.1) is 27.7 Å². The smallest absolute Gasteiger partial charge is 0.305 e. The van der Waals surface area contributed by atoms with Crippen molar-refractivity contribution >= 4 is 13.8 Å². The van der Waals surface area contributed by atoms with E-state index < -0.39 is 13.9 Å². The summed E-state index contributed by atoms with van der Waals surface area (Å²) in [7, 11) is 1.40. The Bertz CT molecular complexity index is 905. The minimum Gasteiger partial charge on any atom is -0.756 e. The van der Waals surface area contributed by atoms with Crippen LogP contribution in [0.3, 0.4) is 0 Å². The lowest BCUT2D eigenvalue weighted by molar-refractivity contribution is -0.870. The molecule has 0 aromatic rings. The van der Waals surface area contributed by atoms with Gasteiger partial charge in [-0.15, -0.1) is 0 Å². The van der Waals surface area contributed by atoms with Gasteiger partial charge in [-0.05, 0) is 64.2 Å². The zero-order valence-electron chi connectivity index (χ0n) is 35.5. The molecule has 0 aromatic heterocycles. The van der Waals surface area contributed by atoms with Crippen molar-refractivity contribution < 1.29 is 37.3 Å². The maximum absolute atomic E-state index is 12.5. The number of carbonyl (C=O) groups is 1. The highest BCUT2D eigenvalue weighted by atomic mass is 31.2. The number of hydrogen-bond acceptors (Lipinski definition) is 7. The first-order valence-electron chi connectivity index (χ1n) is 22.1. The Balaban J connectivity index is 4.24. The number of carbonyl (C=O) groups excluding carboxylic acids is 1. The lowest BCUT2D eigenvalue weighted by atomic mass is 10.1. The molecule has 9 heteroatoms. The lowest BCUT2D eigenvalue weighted by Gasteiger charge is -2.28. The summed E-state index contributed by atoms with van der Waals surface area (Å²) in [5.74, 6) is -0.280. The van der Waals surface area contributed by atoms with Gasteiger partial charge in [0.1, 0.15) is 25.9 Å². The van der Waals surface area contributed by atoms with E-state index in [1.807, 2.05) is 21.1 Å². The molecule has 1 unspecified atom stereocenters. The average Bonchev–Trinajstić information content (AvgIpc) is 3.11. The summed E-state index contributed by atoms with van der Waals surface area (Å²) in [6, 6.07) is 0. The number of likely N-dealkylation sites (N-methyl/N-ethyl adjacent to an activating group) is 1. The van der Waals surface area contributed by atoms with E-state index in [0.29, 0.717) is 24.1 Å². The van der Waals surface area contributed by atoms with E-state index >= 15 is 0 Å². The molecule has 0 heterocycles. The second-order valence-corrected chi connectivity index (χ2v) is 17.4. The van der Waals surface area contributed by atoms with Crippen molar-refractivity contribution in [3.8, 4) is 0 Å². The van der Waals surface area contributed by atoms with Crippen molar-refractivity contribution in [1.82, 2.24) is 0 Å². The largest absolute Gasteiger partial charge is 0.756 e. The van der Waals surface area contributed by atoms with Crippen LogP contribution in [0.4, 0.5) is 0 Å². The standard InChI is InChI=1S/C44H86NO7P/c1-6-8-10-12-14-16-18-20-22-24-26-28-30-32-34-36-39-49-43(42-52-53(47,48)51-40-38-45(3,4)5)41-50-44(46)37-35-33-31-29-27-25-23-21-19-17-15-13-11-9-7-2/h20-23,43H,6-19,24-42H2,1-5H3/b22-20-,23-21-/t43-/m1/s1. The number of hydrogen-bond donors (Lipinski definition) is 0. The molecule has 314 valence electrons. The highest BCUT2D eigenvalue weighted by Crippen LogP contribution is 2.38. The molecule has 2 atom stereocenters. The van der Waals surface area contributed by atoms with Gasteiger partial charge in [-0.1, -0.05) is 147 Å². The Morgan fingerprint density at radius 2 is 0.981 bits per heavy atom. The van der Waals surface area contributed by atoms with Gasteiger partial charge in [0.15, 0.2) is 0 Å². The van der Waals surface area contributed by atoms with Crippen molar-refractivity contribution in [3.63, 3.8) is 0 Å². The highest BCUT2D eigenvalue weighted by molar-refractivity contribution is 7.45. The molecule has 0 spiro atoms. The second-order valence-electron chi connectivity index (χ2n) is 16.0. The van der Waals surface area contributed by atoms with E-state index in [1.165, 1.54) is 128 Å². The third-order valence-corrected chi connectivity index (χ3v) is 10.5. The third kappa shape index (κ3) is 42.0. The molecule has 0 radical (unpaired) electrons. The first-order chi connectivity index (χ1) is 25.6. The number of unbranched alkanes of at least 4 members (excludes halogenated alkanes) is 23. The van der Waals surface area contributed by atoms with Gasteiger partial charge in [0.2, 0.25) is 0 Å². The summed E-state index contributed by atoms with van der Waals surface area (Å²) in [6.45, 7) is 5.28. The molecule has 0 aromatic carbocycles. The number of allylic oxidation sites excluding steroid dienone is 4. The van der Waals surface area contributed by atoms with Gasteiger partial charge in [-0.3, -0.25) is 9.36 Å². The van der Waals surface area contributed by atoms with Crippen LogP contribution in [0.5, 0.6) is 0 Å². The fourth-order valence-corrected chi connectivity index (χ4v) is 6.71. The van der Waals surface area contributed by atoms with Crippen LogP contribution in [-0.4, -0.2) is 70.7 Å². The molecular formula is C44H86NO7P. The zero-order chi connectivity index (χ0) is 39.1. The van der Waals surface area contributed by atoms with Crippen molar-refractivity contribution in [1.29, 1.82) is 0 Å². The van der Waals surface area contributed by atoms with E-state index in [-0.39, 0.29) is 25.8 Å². The fraction of sp³-hybridized carbons (Fsp3) is 0.886. The van der Waals surface area contributed by atoms with Gasteiger partial charge >= 0.3 is 5.97 Å². The molecule has 0 saturated carbocycles. The van der Waals surface area contributed by atoms with Gasteiger partial charge in [0, 0.05) is 13.0 Å². The first-order valence-corrected chi connectivity index (χ1v) is 23.5. The van der Waals surface area contributed by atoms with Crippen LogP contribution in [0.1, 0.15) is 194 Å². The Hall–Kier alpha value is -1.02. The van der Waals surface area contributed by atoms with Crippen LogP contribution >= 0.6 is 7.82 Å². The Kier molecular flexibility index (Phi) is 37.2. The molecule has 0 bridgehead atoms. The molecule has 8 nitrogen and oxygen atoms in total. The van der Waals surface area contributed by atoms with Crippen LogP contribution in [0.15, 0.2) is 24.3 Å². The average molecular weight is 772 g/mol. The van der Waals surface area contributed by atoms with Gasteiger partial charge in [-0.25, -0.2) is 0 Å². The summed E-state index contributed by atoms with van der Waals surface area (Å²) in [5.41, 5.74) is 0. The molecule has 0 aliphatic rings. The van der Waals surface area contributed by atoms with Crippen molar-refractivity contribution in [3.05, 3.63) is 24.3 Å². The van der Waals surface area contributed by atoms with E-state index in [4.69, 9.17) is 18.5 Å². The Morgan fingerprint density at radius 1 is 0.566 bits per heavy atom. The molecule has 0 aliphatic carbocycles. The number of ether oxygens (including phenoxy) is 2. The number of quaternary nitrogens is 1. The maximum atomic E-state index is 12.5. The van der Waals surface area contributed by atoms with Crippen LogP contribution in [0.25, 0.3) is 0 Å². The van der Waals surface area contributed by atoms with Crippen LogP contribution in [-0.2, 0) is 27.9 Å². The molecule has 0 rings (SSSR count). The predicted octanol–water partition coefficient (Wildman–Crippen LogP) is 12.2. The number of phosphoric ester groups is 1. The minimum absolute atomic E-state index is 0.0326. The summed E-state index contributed by atoms with van der Waals surface area (Å²) >= 11 is 0. The molecule has 0 fully saturated rings. The molecular weight excluding hydrogens is 685 g/mol. The molecule has 0 amide bonds. The Morgan fingerprint density at radius 3 is 1.43 bits per heavy atom. The zero-order valence-corrected chi connectivity index (χ0v) is 36.4. The first kappa shape index (κ1) is 52.0. The SMILES string of the molecule is CCCCCCCC/C=C\CCCCCCCCO[C@H](COC(=O)CCCCCCC/C=C\CCCCCCCC)COP(=O)([O-])OCC[N+](C)(C)C. The summed E-state index contributed by atoms with van der Waals surface area (Å²) in [4.78, 5) is 24.8. The van der Waals surface area contributed by atoms with E-state index in [2.05, 4.69) is 38.2 Å². The summed E-state index contributed by atoms with van der Waals surface area (Å²) < 4.78 is 34.6. The fourth-order valence-electron chi connectivity index (χ4n) is 5.98.